The Labute approximate surface area is 119 Å². The fourth-order valence-electron chi connectivity index (χ4n) is 1.52. The third-order valence-electron chi connectivity index (χ3n) is 2.44. The van der Waals surface area contributed by atoms with Crippen LogP contribution in [0, 0.1) is 5.82 Å². The lowest BCUT2D eigenvalue weighted by Crippen LogP contribution is -2.21. The smallest absolute Gasteiger partial charge is 0.243 e. The zero-order valence-corrected chi connectivity index (χ0v) is 11.6. The third-order valence-corrected chi connectivity index (χ3v) is 3.13. The van der Waals surface area contributed by atoms with Gasteiger partial charge in [0.2, 0.25) is 5.91 Å². The van der Waals surface area contributed by atoms with Crippen LogP contribution in [0.4, 0.5) is 15.8 Å². The van der Waals surface area contributed by atoms with Gasteiger partial charge in [-0.2, -0.15) is 0 Å². The summed E-state index contributed by atoms with van der Waals surface area (Å²) in [5.41, 5.74) is 1.41. The quantitative estimate of drug-likeness (QED) is 0.902. The summed E-state index contributed by atoms with van der Waals surface area (Å²) in [4.78, 5) is 11.7. The number of carbonyl (C=O) groups is 1. The predicted molar refractivity (Wildman–Crippen MR) is 77.7 cm³/mol. The fraction of sp³-hybridized carbons (Fsp3) is 0.0714. The lowest BCUT2D eigenvalue weighted by atomic mass is 10.3. The van der Waals surface area contributed by atoms with Crippen molar-refractivity contribution in [1.29, 1.82) is 0 Å². The highest BCUT2D eigenvalue weighted by atomic mass is 79.9. The number of para-hydroxylation sites is 1. The van der Waals surface area contributed by atoms with Crippen molar-refractivity contribution < 1.29 is 9.18 Å². The molecule has 98 valence electrons. The summed E-state index contributed by atoms with van der Waals surface area (Å²) in [6, 6.07) is 13.2. The van der Waals surface area contributed by atoms with Crippen LogP contribution in [0.25, 0.3) is 0 Å². The monoisotopic (exact) mass is 322 g/mol. The number of halogens is 2. The maximum absolute atomic E-state index is 12.7. The Bertz CT molecular complexity index is 572. The van der Waals surface area contributed by atoms with Crippen LogP contribution >= 0.6 is 15.9 Å². The average molecular weight is 323 g/mol. The van der Waals surface area contributed by atoms with E-state index < -0.39 is 0 Å². The Morgan fingerprint density at radius 2 is 1.79 bits per heavy atom. The molecule has 0 aliphatic carbocycles. The van der Waals surface area contributed by atoms with Crippen molar-refractivity contribution in [2.24, 2.45) is 0 Å². The van der Waals surface area contributed by atoms with Crippen LogP contribution in [0.5, 0.6) is 0 Å². The first kappa shape index (κ1) is 13.5. The summed E-state index contributed by atoms with van der Waals surface area (Å²) < 4.78 is 13.6. The largest absolute Gasteiger partial charge is 0.375 e. The Morgan fingerprint density at radius 1 is 1.11 bits per heavy atom. The van der Waals surface area contributed by atoms with Gasteiger partial charge in [-0.3, -0.25) is 4.79 Å². The SMILES string of the molecule is O=C(CNc1ccccc1Br)Nc1ccc(F)cc1. The summed E-state index contributed by atoms with van der Waals surface area (Å²) >= 11 is 3.39. The predicted octanol–water partition coefficient (Wildman–Crippen LogP) is 3.64. The standard InChI is InChI=1S/C14H12BrFN2O/c15-12-3-1-2-4-13(12)17-9-14(19)18-11-7-5-10(16)6-8-11/h1-8,17H,9H2,(H,18,19). The molecule has 1 amide bonds. The molecule has 2 aromatic rings. The molecule has 0 aliphatic heterocycles. The minimum Gasteiger partial charge on any atom is -0.375 e. The summed E-state index contributed by atoms with van der Waals surface area (Å²) in [5.74, 6) is -0.522. The van der Waals surface area contributed by atoms with E-state index in [0.29, 0.717) is 5.69 Å². The van der Waals surface area contributed by atoms with Gasteiger partial charge in [0.1, 0.15) is 5.82 Å². The molecule has 0 bridgehead atoms. The molecule has 3 nitrogen and oxygen atoms in total. The second kappa shape index (κ2) is 6.33. The zero-order valence-electron chi connectivity index (χ0n) is 9.99. The van der Waals surface area contributed by atoms with Gasteiger partial charge in [-0.1, -0.05) is 12.1 Å². The number of hydrogen-bond donors (Lipinski definition) is 2. The number of nitrogens with one attached hydrogen (secondary N) is 2. The summed E-state index contributed by atoms with van der Waals surface area (Å²) in [6.45, 7) is 0.139. The number of rotatable bonds is 4. The summed E-state index contributed by atoms with van der Waals surface area (Å²) in [7, 11) is 0. The van der Waals surface area contributed by atoms with Crippen molar-refractivity contribution in [1.82, 2.24) is 0 Å². The lowest BCUT2D eigenvalue weighted by molar-refractivity contribution is -0.114. The molecule has 19 heavy (non-hydrogen) atoms. The van der Waals surface area contributed by atoms with Crippen molar-refractivity contribution in [2.75, 3.05) is 17.2 Å². The molecule has 0 saturated heterocycles. The number of amides is 1. The Hall–Kier alpha value is -1.88. The normalized spacial score (nSPS) is 10.0. The first-order chi connectivity index (χ1) is 9.15. The van der Waals surface area contributed by atoms with Crippen LogP contribution in [0.2, 0.25) is 0 Å². The topological polar surface area (TPSA) is 41.1 Å². The van der Waals surface area contributed by atoms with E-state index in [1.54, 1.807) is 0 Å². The molecule has 0 heterocycles. The molecule has 0 unspecified atom stereocenters. The highest BCUT2D eigenvalue weighted by Gasteiger charge is 2.04. The van der Waals surface area contributed by atoms with Crippen LogP contribution < -0.4 is 10.6 Å². The van der Waals surface area contributed by atoms with Gasteiger partial charge >= 0.3 is 0 Å². The van der Waals surface area contributed by atoms with E-state index in [4.69, 9.17) is 0 Å². The molecular formula is C14H12BrFN2O. The van der Waals surface area contributed by atoms with E-state index in [1.807, 2.05) is 24.3 Å². The molecule has 0 fully saturated rings. The van der Waals surface area contributed by atoms with E-state index >= 15 is 0 Å². The fourth-order valence-corrected chi connectivity index (χ4v) is 1.94. The van der Waals surface area contributed by atoms with Gasteiger partial charge in [-0.25, -0.2) is 4.39 Å². The average Bonchev–Trinajstić information content (AvgIpc) is 2.40. The molecule has 0 aliphatic rings. The van der Waals surface area contributed by atoms with Crippen molar-refractivity contribution >= 4 is 33.2 Å². The van der Waals surface area contributed by atoms with E-state index in [2.05, 4.69) is 26.6 Å². The van der Waals surface area contributed by atoms with Crippen LogP contribution in [-0.4, -0.2) is 12.5 Å². The van der Waals surface area contributed by atoms with Crippen molar-refractivity contribution in [3.63, 3.8) is 0 Å². The molecular weight excluding hydrogens is 311 g/mol. The van der Waals surface area contributed by atoms with E-state index in [9.17, 15) is 9.18 Å². The van der Waals surface area contributed by atoms with Gasteiger partial charge in [0, 0.05) is 15.8 Å². The molecule has 2 N–H and O–H groups in total. The first-order valence-corrected chi connectivity index (χ1v) is 6.48. The molecule has 0 saturated carbocycles. The highest BCUT2D eigenvalue weighted by Crippen LogP contribution is 2.20. The first-order valence-electron chi connectivity index (χ1n) is 5.69. The number of carbonyl (C=O) groups excluding carboxylic acids is 1. The van der Waals surface area contributed by atoms with Crippen LogP contribution in [0.15, 0.2) is 53.0 Å². The minimum absolute atomic E-state index is 0.139. The van der Waals surface area contributed by atoms with Gasteiger partial charge in [0.15, 0.2) is 0 Å². The molecule has 2 aromatic carbocycles. The summed E-state index contributed by atoms with van der Waals surface area (Å²) in [5, 5.41) is 5.69. The van der Waals surface area contributed by atoms with Crippen LogP contribution in [0.3, 0.4) is 0 Å². The number of anilines is 2. The van der Waals surface area contributed by atoms with Gasteiger partial charge in [-0.15, -0.1) is 0 Å². The maximum Gasteiger partial charge on any atom is 0.243 e. The van der Waals surface area contributed by atoms with Crippen molar-refractivity contribution in [2.45, 2.75) is 0 Å². The van der Waals surface area contributed by atoms with Gasteiger partial charge in [0.25, 0.3) is 0 Å². The van der Waals surface area contributed by atoms with Gasteiger partial charge in [-0.05, 0) is 52.3 Å². The summed E-state index contributed by atoms with van der Waals surface area (Å²) in [6.07, 6.45) is 0. The Kier molecular flexibility index (Phi) is 4.52. The maximum atomic E-state index is 12.7. The molecule has 0 atom stereocenters. The number of hydrogen-bond acceptors (Lipinski definition) is 2. The molecule has 2 rings (SSSR count). The number of benzene rings is 2. The molecule has 5 heteroatoms. The highest BCUT2D eigenvalue weighted by molar-refractivity contribution is 9.10. The minimum atomic E-state index is -0.329. The molecule has 0 aromatic heterocycles. The van der Waals surface area contributed by atoms with Crippen molar-refractivity contribution in [3.05, 3.63) is 58.8 Å². The van der Waals surface area contributed by atoms with Gasteiger partial charge < -0.3 is 10.6 Å². The van der Waals surface area contributed by atoms with E-state index in [0.717, 1.165) is 10.2 Å². The van der Waals surface area contributed by atoms with E-state index in [1.165, 1.54) is 24.3 Å². The third kappa shape index (κ3) is 4.06. The van der Waals surface area contributed by atoms with Gasteiger partial charge in [0.05, 0.1) is 6.54 Å². The Balaban J connectivity index is 1.88. The van der Waals surface area contributed by atoms with Crippen LogP contribution in [-0.2, 0) is 4.79 Å². The Morgan fingerprint density at radius 3 is 2.47 bits per heavy atom. The second-order valence-electron chi connectivity index (χ2n) is 3.89. The second-order valence-corrected chi connectivity index (χ2v) is 4.74. The van der Waals surface area contributed by atoms with Crippen LogP contribution in [0.1, 0.15) is 0 Å². The van der Waals surface area contributed by atoms with Crippen molar-refractivity contribution in [3.8, 4) is 0 Å². The van der Waals surface area contributed by atoms with E-state index in [-0.39, 0.29) is 18.3 Å². The zero-order chi connectivity index (χ0) is 13.7. The lowest BCUT2D eigenvalue weighted by Gasteiger charge is -2.09. The molecule has 0 spiro atoms. The molecule has 0 radical (unpaired) electrons.